The Bertz CT molecular complexity index is 874. The van der Waals surface area contributed by atoms with Gasteiger partial charge in [0.2, 0.25) is 0 Å². The van der Waals surface area contributed by atoms with Gasteiger partial charge in [-0.3, -0.25) is 4.90 Å². The largest absolute Gasteiger partial charge is 0.494 e. The molecule has 1 aliphatic carbocycles. The zero-order valence-electron chi connectivity index (χ0n) is 17.5. The van der Waals surface area contributed by atoms with Gasteiger partial charge >= 0.3 is 6.03 Å². The van der Waals surface area contributed by atoms with Gasteiger partial charge in [-0.15, -0.1) is 0 Å². The molecule has 7 heteroatoms. The van der Waals surface area contributed by atoms with Crippen LogP contribution in [-0.2, 0) is 4.74 Å². The summed E-state index contributed by atoms with van der Waals surface area (Å²) in [7, 11) is 0. The molecule has 0 aromatic carbocycles. The highest BCUT2D eigenvalue weighted by atomic mass is 19.1. The number of aliphatic imine (C=N–C) groups is 1. The molecule has 6 nitrogen and oxygen atoms in total. The predicted octanol–water partition coefficient (Wildman–Crippen LogP) is 3.81. The second kappa shape index (κ2) is 7.60. The topological polar surface area (TPSA) is 48.4 Å². The van der Waals surface area contributed by atoms with Crippen molar-refractivity contribution in [1.29, 1.82) is 0 Å². The lowest BCUT2D eigenvalue weighted by molar-refractivity contribution is -0.0841. The van der Waals surface area contributed by atoms with Gasteiger partial charge in [-0.25, -0.2) is 9.79 Å². The molecule has 30 heavy (non-hydrogen) atoms. The Labute approximate surface area is 177 Å². The van der Waals surface area contributed by atoms with Crippen LogP contribution in [0.4, 0.5) is 9.18 Å². The van der Waals surface area contributed by atoms with E-state index >= 15 is 0 Å². The quantitative estimate of drug-likeness (QED) is 0.693. The minimum atomic E-state index is -0.306. The number of halogens is 1. The van der Waals surface area contributed by atoms with Gasteiger partial charge in [0.1, 0.15) is 18.2 Å². The van der Waals surface area contributed by atoms with Gasteiger partial charge in [-0.1, -0.05) is 25.2 Å². The van der Waals surface area contributed by atoms with Gasteiger partial charge in [0.05, 0.1) is 12.2 Å². The molecule has 2 fully saturated rings. The third kappa shape index (κ3) is 3.44. The number of likely N-dealkylation sites (tertiary alicyclic amines) is 2. The summed E-state index contributed by atoms with van der Waals surface area (Å²) in [4.78, 5) is 23.2. The summed E-state index contributed by atoms with van der Waals surface area (Å²) in [6, 6.07) is 0.0756. The minimum absolute atomic E-state index is 0.0756. The highest BCUT2D eigenvalue weighted by Gasteiger charge is 2.54. The molecule has 0 saturated carbocycles. The lowest BCUT2D eigenvalue weighted by Crippen LogP contribution is -2.73. The lowest BCUT2D eigenvalue weighted by Gasteiger charge is -2.61. The van der Waals surface area contributed by atoms with Crippen molar-refractivity contribution in [3.63, 3.8) is 0 Å². The first-order valence-electron chi connectivity index (χ1n) is 11.0. The number of ether oxygens (including phenoxy) is 1. The van der Waals surface area contributed by atoms with Crippen molar-refractivity contribution >= 4 is 12.0 Å². The summed E-state index contributed by atoms with van der Waals surface area (Å²) < 4.78 is 19.7. The number of hydrogen-bond donors (Lipinski definition) is 0. The fraction of sp³-hybridized carbons (Fsp3) is 0.565. The molecule has 160 valence electrons. The zero-order valence-corrected chi connectivity index (χ0v) is 17.5. The Morgan fingerprint density at radius 3 is 2.97 bits per heavy atom. The molecular weight excluding hydrogens is 383 g/mol. The molecule has 2 saturated heterocycles. The number of carbonyl (C=O) groups is 1. The first-order valence-corrected chi connectivity index (χ1v) is 11.0. The summed E-state index contributed by atoms with van der Waals surface area (Å²) >= 11 is 0. The van der Waals surface area contributed by atoms with Crippen molar-refractivity contribution < 1.29 is 13.9 Å². The highest BCUT2D eigenvalue weighted by molar-refractivity contribution is 5.79. The molecule has 0 radical (unpaired) electrons. The molecular formula is C23H29FN4O2. The average molecular weight is 413 g/mol. The summed E-state index contributed by atoms with van der Waals surface area (Å²) in [6.45, 7) is 6.48. The van der Waals surface area contributed by atoms with Gasteiger partial charge in [0, 0.05) is 44.4 Å². The smallest absolute Gasteiger partial charge is 0.324 e. The number of amides is 2. The van der Waals surface area contributed by atoms with Gasteiger partial charge in [-0.05, 0) is 30.9 Å². The summed E-state index contributed by atoms with van der Waals surface area (Å²) in [6.07, 6.45) is 13.1. The van der Waals surface area contributed by atoms with Crippen molar-refractivity contribution in [2.45, 2.75) is 32.6 Å². The van der Waals surface area contributed by atoms with Crippen molar-refractivity contribution in [2.24, 2.45) is 16.3 Å². The van der Waals surface area contributed by atoms with Gasteiger partial charge in [-0.2, -0.15) is 4.39 Å². The van der Waals surface area contributed by atoms with Crippen LogP contribution in [0.25, 0.3) is 0 Å². The minimum Gasteiger partial charge on any atom is -0.494 e. The van der Waals surface area contributed by atoms with Crippen LogP contribution in [0.3, 0.4) is 0 Å². The van der Waals surface area contributed by atoms with Crippen LogP contribution in [0.1, 0.15) is 32.6 Å². The van der Waals surface area contributed by atoms with Crippen molar-refractivity contribution in [2.75, 3.05) is 39.3 Å². The molecule has 4 aliphatic heterocycles. The fourth-order valence-corrected chi connectivity index (χ4v) is 5.01. The molecule has 4 heterocycles. The Morgan fingerprint density at radius 1 is 1.33 bits per heavy atom. The van der Waals surface area contributed by atoms with Gasteiger partial charge in [0.25, 0.3) is 0 Å². The van der Waals surface area contributed by atoms with E-state index < -0.39 is 0 Å². The molecule has 1 atom stereocenters. The van der Waals surface area contributed by atoms with Crippen LogP contribution >= 0.6 is 0 Å². The number of nitrogens with zero attached hydrogens (tertiary/aromatic N) is 4. The SMILES string of the molecule is CC[C@H]1C=CC2=C(C1)OCCN2C(=O)N1CC2(C1)CN(C1=C/C=CCC/C(F)=N\1)C2. The van der Waals surface area contributed by atoms with Crippen LogP contribution in [0.5, 0.6) is 0 Å². The first-order chi connectivity index (χ1) is 14.6. The summed E-state index contributed by atoms with van der Waals surface area (Å²) in [5.41, 5.74) is 1.05. The van der Waals surface area contributed by atoms with Crippen LogP contribution in [0.2, 0.25) is 0 Å². The van der Waals surface area contributed by atoms with Crippen LogP contribution in [0.15, 0.2) is 52.6 Å². The predicted molar refractivity (Wildman–Crippen MR) is 113 cm³/mol. The summed E-state index contributed by atoms with van der Waals surface area (Å²) in [5, 5.41) is 0. The van der Waals surface area contributed by atoms with E-state index in [4.69, 9.17) is 4.74 Å². The van der Waals surface area contributed by atoms with Crippen LogP contribution < -0.4 is 0 Å². The molecule has 1 spiro atoms. The molecule has 5 rings (SSSR count). The molecule has 0 aromatic heterocycles. The number of hydrogen-bond acceptors (Lipinski definition) is 4. The molecule has 5 aliphatic rings. The van der Waals surface area contributed by atoms with E-state index in [1.54, 1.807) is 0 Å². The number of carbonyl (C=O) groups excluding carboxylic acids is 1. The average Bonchev–Trinajstić information content (AvgIpc) is 2.68. The van der Waals surface area contributed by atoms with Crippen molar-refractivity contribution in [3.8, 4) is 0 Å². The molecule has 0 aromatic rings. The second-order valence-corrected chi connectivity index (χ2v) is 9.01. The zero-order chi connectivity index (χ0) is 20.7. The van der Waals surface area contributed by atoms with E-state index in [-0.39, 0.29) is 17.4 Å². The third-order valence-electron chi connectivity index (χ3n) is 6.73. The molecule has 0 bridgehead atoms. The van der Waals surface area contributed by atoms with Crippen molar-refractivity contribution in [3.05, 3.63) is 47.7 Å². The standard InChI is InChI=1S/C23H29FN4O2/c1-2-17-8-9-18-19(12-17)30-11-10-28(18)22(29)27-15-23(16-27)13-26(14-23)21-7-5-3-4-6-20(24)25-21/h3,5,7-9,17H,2,4,6,10-16H2,1H3/b5-3?,21-7+,25-20+/t17-/m0/s1. The van der Waals surface area contributed by atoms with Crippen LogP contribution in [-0.4, -0.2) is 66.0 Å². The van der Waals surface area contributed by atoms with Gasteiger partial charge < -0.3 is 14.5 Å². The van der Waals surface area contributed by atoms with E-state index in [2.05, 4.69) is 29.0 Å². The second-order valence-electron chi connectivity index (χ2n) is 9.01. The Balaban J connectivity index is 1.19. The Hall–Kier alpha value is -2.57. The van der Waals surface area contributed by atoms with Crippen molar-refractivity contribution in [1.82, 2.24) is 14.7 Å². The van der Waals surface area contributed by atoms with E-state index in [1.807, 2.05) is 28.0 Å². The molecule has 2 amide bonds. The first kappa shape index (κ1) is 19.4. The van der Waals surface area contributed by atoms with Crippen LogP contribution in [0, 0.1) is 11.3 Å². The Morgan fingerprint density at radius 2 is 2.17 bits per heavy atom. The highest BCUT2D eigenvalue weighted by Crippen LogP contribution is 2.43. The van der Waals surface area contributed by atoms with Gasteiger partial charge in [0.15, 0.2) is 5.97 Å². The van der Waals surface area contributed by atoms with E-state index in [1.165, 1.54) is 0 Å². The maximum atomic E-state index is 13.8. The van der Waals surface area contributed by atoms with E-state index in [0.29, 0.717) is 37.7 Å². The lowest BCUT2D eigenvalue weighted by atomic mass is 9.73. The third-order valence-corrected chi connectivity index (χ3v) is 6.73. The monoisotopic (exact) mass is 412 g/mol. The maximum absolute atomic E-state index is 13.8. The molecule has 0 unspecified atom stereocenters. The number of allylic oxidation sites excluding steroid dienone is 6. The van der Waals surface area contributed by atoms with E-state index in [9.17, 15) is 9.18 Å². The molecule has 0 N–H and O–H groups in total. The maximum Gasteiger partial charge on any atom is 0.324 e. The van der Waals surface area contributed by atoms with E-state index in [0.717, 1.165) is 50.5 Å². The number of urea groups is 1. The Kier molecular flexibility index (Phi) is 4.91. The summed E-state index contributed by atoms with van der Waals surface area (Å²) in [5.74, 6) is 1.84. The number of rotatable bonds is 2. The fourth-order valence-electron chi connectivity index (χ4n) is 5.01. The normalized spacial score (nSPS) is 30.9.